The molecule has 0 spiro atoms. The van der Waals surface area contributed by atoms with Gasteiger partial charge in [-0.3, -0.25) is 4.68 Å². The van der Waals surface area contributed by atoms with Crippen molar-refractivity contribution >= 4 is 0 Å². The zero-order valence-corrected chi connectivity index (χ0v) is 11.2. The van der Waals surface area contributed by atoms with Crippen LogP contribution in [0.1, 0.15) is 11.1 Å². The molecular weight excluding hydrogens is 265 g/mol. The molecular formula is C17H12FN3. The van der Waals surface area contributed by atoms with E-state index < -0.39 is 0 Å². The van der Waals surface area contributed by atoms with Gasteiger partial charge in [0, 0.05) is 17.3 Å². The molecule has 4 heteroatoms. The molecule has 0 atom stereocenters. The van der Waals surface area contributed by atoms with Crippen LogP contribution < -0.4 is 0 Å². The van der Waals surface area contributed by atoms with Gasteiger partial charge in [-0.25, -0.2) is 4.39 Å². The van der Waals surface area contributed by atoms with Crippen LogP contribution in [0.3, 0.4) is 0 Å². The Labute approximate surface area is 121 Å². The molecule has 0 aliphatic heterocycles. The van der Waals surface area contributed by atoms with Gasteiger partial charge in [-0.1, -0.05) is 36.4 Å². The molecule has 2 aromatic carbocycles. The van der Waals surface area contributed by atoms with Crippen molar-refractivity contribution in [2.24, 2.45) is 0 Å². The predicted molar refractivity (Wildman–Crippen MR) is 77.9 cm³/mol. The van der Waals surface area contributed by atoms with Gasteiger partial charge in [0.25, 0.3) is 0 Å². The Morgan fingerprint density at radius 3 is 2.62 bits per heavy atom. The normalized spacial score (nSPS) is 10.3. The number of nitriles is 1. The molecule has 0 saturated heterocycles. The standard InChI is InChI=1S/C17H12FN3/c18-17-8-13(9-19)6-7-15(17)11-21-12-16(10-20-21)14-4-2-1-3-5-14/h1-8,10,12H,11H2. The smallest absolute Gasteiger partial charge is 0.129 e. The lowest BCUT2D eigenvalue weighted by atomic mass is 10.1. The lowest BCUT2D eigenvalue weighted by molar-refractivity contribution is 0.585. The predicted octanol–water partition coefficient (Wildman–Crippen LogP) is 3.61. The Morgan fingerprint density at radius 1 is 1.10 bits per heavy atom. The minimum atomic E-state index is -0.384. The molecule has 0 bridgehead atoms. The van der Waals surface area contributed by atoms with E-state index in [1.165, 1.54) is 6.07 Å². The summed E-state index contributed by atoms with van der Waals surface area (Å²) in [6.07, 6.45) is 3.64. The Kier molecular flexibility index (Phi) is 3.48. The molecule has 0 radical (unpaired) electrons. The lowest BCUT2D eigenvalue weighted by Crippen LogP contribution is -2.02. The molecule has 102 valence electrons. The zero-order valence-electron chi connectivity index (χ0n) is 11.2. The molecule has 0 aliphatic rings. The van der Waals surface area contributed by atoms with Crippen LogP contribution in [0.2, 0.25) is 0 Å². The van der Waals surface area contributed by atoms with E-state index in [2.05, 4.69) is 5.10 Å². The Bertz CT molecular complexity index is 800. The zero-order chi connectivity index (χ0) is 14.7. The molecule has 3 rings (SSSR count). The third kappa shape index (κ3) is 2.82. The second-order valence-corrected chi connectivity index (χ2v) is 4.71. The third-order valence-electron chi connectivity index (χ3n) is 3.25. The van der Waals surface area contributed by atoms with Crippen molar-refractivity contribution in [2.75, 3.05) is 0 Å². The summed E-state index contributed by atoms with van der Waals surface area (Å²) in [6, 6.07) is 16.3. The highest BCUT2D eigenvalue weighted by molar-refractivity contribution is 5.61. The highest BCUT2D eigenvalue weighted by atomic mass is 19.1. The molecule has 3 nitrogen and oxygen atoms in total. The minimum Gasteiger partial charge on any atom is -0.268 e. The Balaban J connectivity index is 1.84. The Morgan fingerprint density at radius 2 is 1.90 bits per heavy atom. The van der Waals surface area contributed by atoms with E-state index >= 15 is 0 Å². The summed E-state index contributed by atoms with van der Waals surface area (Å²) in [7, 11) is 0. The van der Waals surface area contributed by atoms with Gasteiger partial charge in [0.1, 0.15) is 5.82 Å². The van der Waals surface area contributed by atoms with E-state index in [-0.39, 0.29) is 5.82 Å². The first kappa shape index (κ1) is 13.1. The highest BCUT2D eigenvalue weighted by Gasteiger charge is 2.06. The lowest BCUT2D eigenvalue weighted by Gasteiger charge is -2.03. The van der Waals surface area contributed by atoms with Crippen LogP contribution in [0.5, 0.6) is 0 Å². The molecule has 0 aliphatic carbocycles. The van der Waals surface area contributed by atoms with Gasteiger partial charge in [0.15, 0.2) is 0 Å². The maximum Gasteiger partial charge on any atom is 0.129 e. The van der Waals surface area contributed by atoms with Gasteiger partial charge in [-0.05, 0) is 17.7 Å². The summed E-state index contributed by atoms with van der Waals surface area (Å²) in [5, 5.41) is 13.0. The van der Waals surface area contributed by atoms with E-state index in [1.54, 1.807) is 23.0 Å². The average molecular weight is 277 g/mol. The van der Waals surface area contributed by atoms with E-state index in [4.69, 9.17) is 5.26 Å². The molecule has 0 saturated carbocycles. The van der Waals surface area contributed by atoms with Crippen LogP contribution >= 0.6 is 0 Å². The summed E-state index contributed by atoms with van der Waals surface area (Å²) < 4.78 is 15.5. The van der Waals surface area contributed by atoms with Gasteiger partial charge in [0.05, 0.1) is 24.4 Å². The number of halogens is 1. The third-order valence-corrected chi connectivity index (χ3v) is 3.25. The molecule has 3 aromatic rings. The number of benzene rings is 2. The first-order valence-electron chi connectivity index (χ1n) is 6.52. The van der Waals surface area contributed by atoms with Crippen molar-refractivity contribution in [2.45, 2.75) is 6.54 Å². The van der Waals surface area contributed by atoms with Gasteiger partial charge >= 0.3 is 0 Å². The fraction of sp³-hybridized carbons (Fsp3) is 0.0588. The van der Waals surface area contributed by atoms with Crippen molar-refractivity contribution in [3.63, 3.8) is 0 Å². The topological polar surface area (TPSA) is 41.6 Å². The summed E-state index contributed by atoms with van der Waals surface area (Å²) in [4.78, 5) is 0. The number of hydrogen-bond acceptors (Lipinski definition) is 2. The van der Waals surface area contributed by atoms with Gasteiger partial charge in [0.2, 0.25) is 0 Å². The second-order valence-electron chi connectivity index (χ2n) is 4.71. The second kappa shape index (κ2) is 5.59. The van der Waals surface area contributed by atoms with E-state index in [0.29, 0.717) is 17.7 Å². The maximum atomic E-state index is 13.9. The highest BCUT2D eigenvalue weighted by Crippen LogP contribution is 2.18. The molecule has 1 aromatic heterocycles. The van der Waals surface area contributed by atoms with E-state index in [9.17, 15) is 4.39 Å². The molecule has 21 heavy (non-hydrogen) atoms. The first-order valence-corrected chi connectivity index (χ1v) is 6.52. The molecule has 0 fully saturated rings. The van der Waals surface area contributed by atoms with Crippen molar-refractivity contribution in [1.29, 1.82) is 5.26 Å². The van der Waals surface area contributed by atoms with Gasteiger partial charge in [-0.15, -0.1) is 0 Å². The first-order chi connectivity index (χ1) is 10.3. The van der Waals surface area contributed by atoms with Crippen LogP contribution in [-0.2, 0) is 6.54 Å². The largest absolute Gasteiger partial charge is 0.268 e. The number of nitrogens with zero attached hydrogens (tertiary/aromatic N) is 3. The minimum absolute atomic E-state index is 0.321. The van der Waals surface area contributed by atoms with E-state index in [0.717, 1.165) is 11.1 Å². The SMILES string of the molecule is N#Cc1ccc(Cn2cc(-c3ccccc3)cn2)c(F)c1. The maximum absolute atomic E-state index is 13.9. The van der Waals surface area contributed by atoms with Crippen molar-refractivity contribution < 1.29 is 4.39 Å². The quantitative estimate of drug-likeness (QED) is 0.734. The van der Waals surface area contributed by atoms with Crippen molar-refractivity contribution in [3.8, 4) is 17.2 Å². The summed E-state index contributed by atoms with van der Waals surface area (Å²) in [6.45, 7) is 0.338. The number of hydrogen-bond donors (Lipinski definition) is 0. The monoisotopic (exact) mass is 277 g/mol. The van der Waals surface area contributed by atoms with Crippen LogP contribution in [0, 0.1) is 17.1 Å². The molecule has 0 N–H and O–H groups in total. The van der Waals surface area contributed by atoms with Crippen LogP contribution in [-0.4, -0.2) is 9.78 Å². The van der Waals surface area contributed by atoms with Crippen LogP contribution in [0.25, 0.3) is 11.1 Å². The van der Waals surface area contributed by atoms with E-state index in [1.807, 2.05) is 42.6 Å². The van der Waals surface area contributed by atoms with Crippen LogP contribution in [0.15, 0.2) is 60.9 Å². The average Bonchev–Trinajstić information content (AvgIpc) is 2.99. The number of rotatable bonds is 3. The van der Waals surface area contributed by atoms with Gasteiger partial charge < -0.3 is 0 Å². The summed E-state index contributed by atoms with van der Waals surface area (Å²) in [5.74, 6) is -0.384. The van der Waals surface area contributed by atoms with Crippen molar-refractivity contribution in [3.05, 3.63) is 77.9 Å². The molecule has 0 unspecified atom stereocenters. The fourth-order valence-corrected chi connectivity index (χ4v) is 2.15. The summed E-state index contributed by atoms with van der Waals surface area (Å²) >= 11 is 0. The molecule has 0 amide bonds. The molecule has 1 heterocycles. The summed E-state index contributed by atoms with van der Waals surface area (Å²) in [5.41, 5.74) is 2.90. The number of aromatic nitrogens is 2. The van der Waals surface area contributed by atoms with Gasteiger partial charge in [-0.2, -0.15) is 10.4 Å². The fourth-order valence-electron chi connectivity index (χ4n) is 2.15. The van der Waals surface area contributed by atoms with Crippen molar-refractivity contribution in [1.82, 2.24) is 9.78 Å². The Hall–Kier alpha value is -2.93. The van der Waals surface area contributed by atoms with Crippen LogP contribution in [0.4, 0.5) is 4.39 Å².